The fourth-order valence-electron chi connectivity index (χ4n) is 3.20. The number of aryl methyl sites for hydroxylation is 1. The van der Waals surface area contributed by atoms with Gasteiger partial charge < -0.3 is 9.84 Å². The van der Waals surface area contributed by atoms with Crippen LogP contribution in [0.4, 0.5) is 4.39 Å². The fraction of sp³-hybridized carbons (Fsp3) is 0.350. The zero-order chi connectivity index (χ0) is 18.2. The Morgan fingerprint density at radius 3 is 2.76 bits per heavy atom. The van der Waals surface area contributed by atoms with Crippen LogP contribution < -0.4 is 4.74 Å². The number of ether oxygens (including phenoxy) is 1. The third-order valence-corrected chi connectivity index (χ3v) is 5.03. The van der Waals surface area contributed by atoms with Crippen LogP contribution in [0, 0.1) is 11.2 Å². The molecule has 3 rings (SSSR count). The van der Waals surface area contributed by atoms with Crippen LogP contribution >= 0.6 is 11.6 Å². The molecule has 2 aromatic rings. The zero-order valence-corrected chi connectivity index (χ0v) is 15.0. The molecule has 0 fully saturated rings. The lowest BCUT2D eigenvalue weighted by molar-refractivity contribution is 0.0692. The van der Waals surface area contributed by atoms with Crippen molar-refractivity contribution in [2.75, 3.05) is 0 Å². The van der Waals surface area contributed by atoms with Crippen LogP contribution in [0.5, 0.6) is 5.75 Å². The molecule has 0 aliphatic heterocycles. The van der Waals surface area contributed by atoms with Crippen molar-refractivity contribution < 1.29 is 19.0 Å². The van der Waals surface area contributed by atoms with E-state index in [0.29, 0.717) is 11.3 Å². The van der Waals surface area contributed by atoms with Crippen LogP contribution in [0.1, 0.15) is 47.3 Å². The Morgan fingerprint density at radius 1 is 1.28 bits per heavy atom. The molecule has 0 heterocycles. The van der Waals surface area contributed by atoms with Gasteiger partial charge in [0.15, 0.2) is 0 Å². The van der Waals surface area contributed by atoms with E-state index in [1.807, 2.05) is 12.1 Å². The number of carboxylic acid groups (broad SMARTS) is 1. The Kier molecular flexibility index (Phi) is 4.74. The number of fused-ring (bicyclic) bond motifs is 1. The quantitative estimate of drug-likeness (QED) is 0.805. The highest BCUT2D eigenvalue weighted by Gasteiger charge is 2.25. The monoisotopic (exact) mass is 362 g/mol. The van der Waals surface area contributed by atoms with E-state index in [0.717, 1.165) is 25.0 Å². The molecule has 0 bridgehead atoms. The first-order chi connectivity index (χ1) is 11.7. The molecule has 132 valence electrons. The average molecular weight is 363 g/mol. The van der Waals surface area contributed by atoms with Crippen molar-refractivity contribution >= 4 is 17.6 Å². The SMILES string of the molecule is CC1(C)CCc2ccc(OCc3cc(F)c(C(=O)O)cc3Cl)cc2C1. The van der Waals surface area contributed by atoms with Gasteiger partial charge in [-0.15, -0.1) is 0 Å². The lowest BCUT2D eigenvalue weighted by Crippen LogP contribution is -2.22. The standard InChI is InChI=1S/C20H20ClFO3/c1-20(2)6-5-12-3-4-15(7-13(12)10-20)25-11-14-8-18(22)16(19(23)24)9-17(14)21/h3-4,7-9H,5-6,10-11H2,1-2H3,(H,23,24). The molecule has 0 saturated carbocycles. The number of benzene rings is 2. The number of carboxylic acids is 1. The smallest absolute Gasteiger partial charge is 0.338 e. The first-order valence-corrected chi connectivity index (χ1v) is 8.59. The van der Waals surface area contributed by atoms with E-state index >= 15 is 0 Å². The van der Waals surface area contributed by atoms with Crippen molar-refractivity contribution in [3.63, 3.8) is 0 Å². The van der Waals surface area contributed by atoms with Gasteiger partial charge in [-0.05, 0) is 60.1 Å². The van der Waals surface area contributed by atoms with Gasteiger partial charge in [0.1, 0.15) is 18.2 Å². The molecule has 1 N–H and O–H groups in total. The lowest BCUT2D eigenvalue weighted by Gasteiger charge is -2.31. The lowest BCUT2D eigenvalue weighted by atomic mass is 9.74. The van der Waals surface area contributed by atoms with Crippen LogP contribution in [-0.2, 0) is 19.4 Å². The second-order valence-electron chi connectivity index (χ2n) is 7.29. The molecule has 1 aliphatic carbocycles. The van der Waals surface area contributed by atoms with Crippen LogP contribution in [0.2, 0.25) is 5.02 Å². The second-order valence-corrected chi connectivity index (χ2v) is 7.70. The highest BCUT2D eigenvalue weighted by molar-refractivity contribution is 6.31. The summed E-state index contributed by atoms with van der Waals surface area (Å²) >= 11 is 6.05. The molecular weight excluding hydrogens is 343 g/mol. The maximum Gasteiger partial charge on any atom is 0.338 e. The van der Waals surface area contributed by atoms with Crippen LogP contribution in [0.15, 0.2) is 30.3 Å². The molecule has 2 aromatic carbocycles. The van der Waals surface area contributed by atoms with Crippen molar-refractivity contribution in [2.45, 2.75) is 39.7 Å². The molecule has 0 unspecified atom stereocenters. The first-order valence-electron chi connectivity index (χ1n) is 8.21. The van der Waals surface area contributed by atoms with E-state index in [1.165, 1.54) is 17.5 Å². The Balaban J connectivity index is 1.76. The number of carbonyl (C=O) groups is 1. The average Bonchev–Trinajstić information content (AvgIpc) is 2.53. The molecule has 0 atom stereocenters. The highest BCUT2D eigenvalue weighted by atomic mass is 35.5. The van der Waals surface area contributed by atoms with Crippen LogP contribution in [-0.4, -0.2) is 11.1 Å². The predicted molar refractivity (Wildman–Crippen MR) is 94.9 cm³/mol. The summed E-state index contributed by atoms with van der Waals surface area (Å²) in [6, 6.07) is 8.26. The topological polar surface area (TPSA) is 46.5 Å². The summed E-state index contributed by atoms with van der Waals surface area (Å²) in [5.41, 5.74) is 2.89. The maximum absolute atomic E-state index is 13.8. The Morgan fingerprint density at radius 2 is 2.04 bits per heavy atom. The molecule has 3 nitrogen and oxygen atoms in total. The summed E-state index contributed by atoms with van der Waals surface area (Å²) in [4.78, 5) is 10.9. The van der Waals surface area contributed by atoms with Crippen molar-refractivity contribution in [3.8, 4) is 5.75 Å². The molecule has 0 saturated heterocycles. The van der Waals surface area contributed by atoms with Crippen molar-refractivity contribution in [3.05, 3.63) is 63.4 Å². The van der Waals surface area contributed by atoms with Crippen molar-refractivity contribution in [2.24, 2.45) is 5.41 Å². The van der Waals surface area contributed by atoms with Crippen LogP contribution in [0.3, 0.4) is 0 Å². The third-order valence-electron chi connectivity index (χ3n) is 4.68. The van der Waals surface area contributed by atoms with E-state index in [1.54, 1.807) is 0 Å². The van der Waals surface area contributed by atoms with Gasteiger partial charge in [-0.1, -0.05) is 31.5 Å². The van der Waals surface area contributed by atoms with Gasteiger partial charge >= 0.3 is 5.97 Å². The van der Waals surface area contributed by atoms with E-state index in [4.69, 9.17) is 21.4 Å². The largest absolute Gasteiger partial charge is 0.489 e. The van der Waals surface area contributed by atoms with Crippen molar-refractivity contribution in [1.82, 2.24) is 0 Å². The van der Waals surface area contributed by atoms with Crippen LogP contribution in [0.25, 0.3) is 0 Å². The van der Waals surface area contributed by atoms with E-state index in [2.05, 4.69) is 19.9 Å². The second kappa shape index (κ2) is 6.68. The molecule has 25 heavy (non-hydrogen) atoms. The normalized spacial score (nSPS) is 15.5. The van der Waals surface area contributed by atoms with Gasteiger partial charge in [-0.2, -0.15) is 0 Å². The maximum atomic E-state index is 13.8. The molecule has 1 aliphatic rings. The Bertz CT molecular complexity index is 830. The van der Waals surface area contributed by atoms with Gasteiger partial charge in [0.05, 0.1) is 5.56 Å². The van der Waals surface area contributed by atoms with Gasteiger partial charge in [0, 0.05) is 10.6 Å². The molecule has 0 radical (unpaired) electrons. The van der Waals surface area contributed by atoms with Gasteiger partial charge in [-0.25, -0.2) is 9.18 Å². The summed E-state index contributed by atoms with van der Waals surface area (Å²) in [5.74, 6) is -1.46. The number of hydrogen-bond acceptors (Lipinski definition) is 2. The van der Waals surface area contributed by atoms with E-state index < -0.39 is 17.3 Å². The summed E-state index contributed by atoms with van der Waals surface area (Å²) < 4.78 is 19.6. The predicted octanol–water partition coefficient (Wildman–Crippen LogP) is 5.27. The minimum atomic E-state index is -1.34. The number of hydrogen-bond donors (Lipinski definition) is 1. The van der Waals surface area contributed by atoms with Gasteiger partial charge in [0.2, 0.25) is 0 Å². The van der Waals surface area contributed by atoms with E-state index in [9.17, 15) is 9.18 Å². The molecular formula is C20H20ClFO3. The minimum absolute atomic E-state index is 0.0812. The first kappa shape index (κ1) is 17.7. The highest BCUT2D eigenvalue weighted by Crippen LogP contribution is 2.36. The molecule has 0 amide bonds. The molecule has 0 aromatic heterocycles. The summed E-state index contributed by atoms with van der Waals surface area (Å²) in [6.07, 6.45) is 3.24. The number of aromatic carboxylic acids is 1. The van der Waals surface area contributed by atoms with E-state index in [-0.39, 0.29) is 17.0 Å². The van der Waals surface area contributed by atoms with Gasteiger partial charge in [0.25, 0.3) is 0 Å². The number of halogens is 2. The summed E-state index contributed by atoms with van der Waals surface area (Å²) in [5, 5.41) is 9.09. The Labute approximate surface area is 151 Å². The molecule has 0 spiro atoms. The third kappa shape index (κ3) is 3.96. The zero-order valence-electron chi connectivity index (χ0n) is 14.2. The Hall–Kier alpha value is -2.07. The van der Waals surface area contributed by atoms with Crippen molar-refractivity contribution in [1.29, 1.82) is 0 Å². The number of rotatable bonds is 4. The molecule has 5 heteroatoms. The minimum Gasteiger partial charge on any atom is -0.489 e. The summed E-state index contributed by atoms with van der Waals surface area (Å²) in [6.45, 7) is 4.60. The summed E-state index contributed by atoms with van der Waals surface area (Å²) in [7, 11) is 0. The van der Waals surface area contributed by atoms with Gasteiger partial charge in [-0.3, -0.25) is 0 Å². The fourth-order valence-corrected chi connectivity index (χ4v) is 3.42.